The Morgan fingerprint density at radius 1 is 1.06 bits per heavy atom. The van der Waals surface area contributed by atoms with Crippen molar-refractivity contribution in [1.29, 1.82) is 0 Å². The van der Waals surface area contributed by atoms with Gasteiger partial charge in [-0.15, -0.1) is 0 Å². The molecule has 0 fully saturated rings. The highest BCUT2D eigenvalue weighted by molar-refractivity contribution is 7.92. The third-order valence-electron chi connectivity index (χ3n) is 5.10. The molecule has 180 valence electrons. The van der Waals surface area contributed by atoms with E-state index in [1.165, 1.54) is 23.1 Å². The number of halogens is 1. The van der Waals surface area contributed by atoms with Crippen molar-refractivity contribution < 1.29 is 22.4 Å². The van der Waals surface area contributed by atoms with Crippen LogP contribution in [0.3, 0.4) is 0 Å². The highest BCUT2D eigenvalue weighted by Gasteiger charge is 2.30. The predicted molar refractivity (Wildman–Crippen MR) is 128 cm³/mol. The normalized spacial score (nSPS) is 12.3. The number of sulfonamides is 1. The molecule has 1 N–H and O–H groups in total. The maximum absolute atomic E-state index is 13.7. The molecular weight excluding hydrogens is 445 g/mol. The Morgan fingerprint density at radius 2 is 1.70 bits per heavy atom. The van der Waals surface area contributed by atoms with E-state index in [9.17, 15) is 22.4 Å². The molecular formula is C24H32FN3O4S. The van der Waals surface area contributed by atoms with Gasteiger partial charge in [-0.2, -0.15) is 0 Å². The summed E-state index contributed by atoms with van der Waals surface area (Å²) in [6, 6.07) is 11.7. The largest absolute Gasteiger partial charge is 0.354 e. The minimum Gasteiger partial charge on any atom is -0.354 e. The first kappa shape index (κ1) is 26.3. The van der Waals surface area contributed by atoms with Crippen LogP contribution in [0, 0.1) is 18.7 Å². The van der Waals surface area contributed by atoms with Gasteiger partial charge in [0.05, 0.1) is 11.9 Å². The Balaban J connectivity index is 2.35. The zero-order valence-electron chi connectivity index (χ0n) is 19.7. The fourth-order valence-electron chi connectivity index (χ4n) is 3.17. The predicted octanol–water partition coefficient (Wildman–Crippen LogP) is 3.09. The van der Waals surface area contributed by atoms with Crippen molar-refractivity contribution in [2.45, 2.75) is 40.3 Å². The van der Waals surface area contributed by atoms with Crippen LogP contribution in [0.15, 0.2) is 48.5 Å². The van der Waals surface area contributed by atoms with Crippen molar-refractivity contribution in [2.75, 3.05) is 23.7 Å². The number of hydrogen-bond donors (Lipinski definition) is 1. The summed E-state index contributed by atoms with van der Waals surface area (Å²) in [7, 11) is -3.89. The average Bonchev–Trinajstić information content (AvgIpc) is 2.73. The van der Waals surface area contributed by atoms with Crippen LogP contribution in [0.1, 0.15) is 31.9 Å². The van der Waals surface area contributed by atoms with Crippen LogP contribution in [-0.4, -0.2) is 50.5 Å². The van der Waals surface area contributed by atoms with Gasteiger partial charge in [0.15, 0.2) is 0 Å². The Kier molecular flexibility index (Phi) is 8.99. The first-order chi connectivity index (χ1) is 15.4. The highest BCUT2D eigenvalue weighted by atomic mass is 32.2. The second-order valence-corrected chi connectivity index (χ2v) is 10.5. The van der Waals surface area contributed by atoms with Crippen LogP contribution in [0.2, 0.25) is 0 Å². The molecule has 0 saturated heterocycles. The summed E-state index contributed by atoms with van der Waals surface area (Å²) in [4.78, 5) is 27.5. The van der Waals surface area contributed by atoms with Gasteiger partial charge in [0.1, 0.15) is 18.4 Å². The number of aryl methyl sites for hydroxylation is 1. The van der Waals surface area contributed by atoms with Crippen molar-refractivity contribution >= 4 is 27.5 Å². The summed E-state index contributed by atoms with van der Waals surface area (Å²) in [5, 5.41) is 2.82. The number of carbonyl (C=O) groups excluding carboxylic acids is 2. The third-order valence-corrected chi connectivity index (χ3v) is 6.24. The maximum Gasteiger partial charge on any atom is 0.244 e. The quantitative estimate of drug-likeness (QED) is 0.570. The molecule has 2 aromatic rings. The number of carbonyl (C=O) groups is 2. The van der Waals surface area contributed by atoms with Crippen molar-refractivity contribution in [2.24, 2.45) is 5.92 Å². The Hall–Kier alpha value is -2.94. The molecule has 0 aliphatic rings. The lowest BCUT2D eigenvalue weighted by molar-refractivity contribution is -0.139. The average molecular weight is 478 g/mol. The van der Waals surface area contributed by atoms with Crippen LogP contribution >= 0.6 is 0 Å². The van der Waals surface area contributed by atoms with Gasteiger partial charge in [-0.25, -0.2) is 12.8 Å². The van der Waals surface area contributed by atoms with Gasteiger partial charge in [-0.1, -0.05) is 49.7 Å². The topological polar surface area (TPSA) is 86.8 Å². The van der Waals surface area contributed by atoms with Gasteiger partial charge < -0.3 is 10.2 Å². The Bertz CT molecular complexity index is 1070. The summed E-state index contributed by atoms with van der Waals surface area (Å²) in [6.45, 7) is 7.49. The fraction of sp³-hybridized carbons (Fsp3) is 0.417. The lowest BCUT2D eigenvalue weighted by Gasteiger charge is -2.31. The SMILES string of the molecule is Cc1ccc(CN(C(=O)CN(c2cccc(F)c2)S(C)(=O)=O)[C@@H](C)C(=O)NCC(C)C)cc1. The lowest BCUT2D eigenvalue weighted by Crippen LogP contribution is -2.51. The third kappa shape index (κ3) is 7.85. The van der Waals surface area contributed by atoms with E-state index in [1.54, 1.807) is 6.92 Å². The van der Waals surface area contributed by atoms with E-state index in [2.05, 4.69) is 5.32 Å². The standard InChI is InChI=1S/C24H32FN3O4S/c1-17(2)14-26-24(30)19(4)27(15-20-11-9-18(3)10-12-20)23(29)16-28(33(5,31)32)22-8-6-7-21(25)13-22/h6-13,17,19H,14-16H2,1-5H3,(H,26,30)/t19-/m0/s1. The highest BCUT2D eigenvalue weighted by Crippen LogP contribution is 2.20. The molecule has 0 radical (unpaired) electrons. The number of benzene rings is 2. The van der Waals surface area contributed by atoms with Gasteiger partial charge >= 0.3 is 0 Å². The first-order valence-electron chi connectivity index (χ1n) is 10.7. The summed E-state index contributed by atoms with van der Waals surface area (Å²) in [5.41, 5.74) is 1.89. The molecule has 0 aliphatic heterocycles. The molecule has 0 unspecified atom stereocenters. The van der Waals surface area contributed by atoms with Crippen molar-refractivity contribution in [3.63, 3.8) is 0 Å². The van der Waals surface area contributed by atoms with E-state index in [1.807, 2.05) is 45.0 Å². The van der Waals surface area contributed by atoms with E-state index in [-0.39, 0.29) is 24.1 Å². The number of nitrogens with one attached hydrogen (secondary N) is 1. The second-order valence-electron chi connectivity index (χ2n) is 8.57. The molecule has 0 spiro atoms. The van der Waals surface area contributed by atoms with Crippen molar-refractivity contribution in [3.8, 4) is 0 Å². The van der Waals surface area contributed by atoms with Crippen LogP contribution in [0.5, 0.6) is 0 Å². The molecule has 0 bridgehead atoms. The molecule has 2 amide bonds. The smallest absolute Gasteiger partial charge is 0.244 e. The Morgan fingerprint density at radius 3 is 2.24 bits per heavy atom. The molecule has 0 saturated carbocycles. The van der Waals surface area contributed by atoms with Crippen LogP contribution in [0.4, 0.5) is 10.1 Å². The van der Waals surface area contributed by atoms with E-state index in [0.29, 0.717) is 6.54 Å². The molecule has 1 atom stereocenters. The lowest BCUT2D eigenvalue weighted by atomic mass is 10.1. The number of nitrogens with zero attached hydrogens (tertiary/aromatic N) is 2. The number of anilines is 1. The first-order valence-corrected chi connectivity index (χ1v) is 12.6. The zero-order chi connectivity index (χ0) is 24.8. The number of hydrogen-bond acceptors (Lipinski definition) is 4. The summed E-state index contributed by atoms with van der Waals surface area (Å²) in [6.07, 6.45) is 0.953. The Labute approximate surface area is 195 Å². The molecule has 2 aromatic carbocycles. The number of amides is 2. The van der Waals surface area contributed by atoms with Gasteiger partial charge in [0.25, 0.3) is 0 Å². The molecule has 9 heteroatoms. The summed E-state index contributed by atoms with van der Waals surface area (Å²) in [5.74, 6) is -1.29. The van der Waals surface area contributed by atoms with Crippen molar-refractivity contribution in [1.82, 2.24) is 10.2 Å². The maximum atomic E-state index is 13.7. The molecule has 0 heterocycles. The van der Waals surface area contributed by atoms with Gasteiger partial charge in [-0.3, -0.25) is 13.9 Å². The fourth-order valence-corrected chi connectivity index (χ4v) is 4.01. The second kappa shape index (κ2) is 11.3. The zero-order valence-corrected chi connectivity index (χ0v) is 20.5. The minimum absolute atomic E-state index is 0.0399. The molecule has 0 aromatic heterocycles. The molecule has 0 aliphatic carbocycles. The van der Waals surface area contributed by atoms with Crippen LogP contribution in [-0.2, 0) is 26.2 Å². The van der Waals surface area contributed by atoms with E-state index < -0.39 is 34.3 Å². The number of rotatable bonds is 10. The molecule has 2 rings (SSSR count). The molecule has 33 heavy (non-hydrogen) atoms. The van der Waals surface area contributed by atoms with E-state index in [0.717, 1.165) is 27.8 Å². The van der Waals surface area contributed by atoms with E-state index >= 15 is 0 Å². The summed E-state index contributed by atoms with van der Waals surface area (Å²) < 4.78 is 39.5. The van der Waals surface area contributed by atoms with Gasteiger partial charge in [0.2, 0.25) is 21.8 Å². The van der Waals surface area contributed by atoms with Crippen LogP contribution < -0.4 is 9.62 Å². The monoisotopic (exact) mass is 477 g/mol. The van der Waals surface area contributed by atoms with Crippen LogP contribution in [0.25, 0.3) is 0 Å². The van der Waals surface area contributed by atoms with E-state index in [4.69, 9.17) is 0 Å². The minimum atomic E-state index is -3.89. The summed E-state index contributed by atoms with van der Waals surface area (Å²) >= 11 is 0. The van der Waals surface area contributed by atoms with Gasteiger partial charge in [-0.05, 0) is 43.5 Å². The van der Waals surface area contributed by atoms with Crippen molar-refractivity contribution in [3.05, 3.63) is 65.5 Å². The van der Waals surface area contributed by atoms with Gasteiger partial charge in [0, 0.05) is 13.1 Å². The molecule has 7 nitrogen and oxygen atoms in total.